The number of aliphatic carboxylic acids is 1. The zero-order chi connectivity index (χ0) is 15.2. The number of carbonyl (C=O) groups is 1. The van der Waals surface area contributed by atoms with Gasteiger partial charge in [-0.1, -0.05) is 30.8 Å². The molecule has 110 valence electrons. The molecular weight excluding hydrogens is 268 g/mol. The first kappa shape index (κ1) is 14.9. The number of carboxylic acid groups (broad SMARTS) is 1. The molecule has 0 fully saturated rings. The number of rotatable bonds is 7. The number of hydrogen-bond acceptors (Lipinski definition) is 3. The number of benzene rings is 2. The van der Waals surface area contributed by atoms with E-state index < -0.39 is 5.97 Å². The van der Waals surface area contributed by atoms with Gasteiger partial charge in [0, 0.05) is 16.3 Å². The van der Waals surface area contributed by atoms with E-state index in [4.69, 9.17) is 14.6 Å². The Morgan fingerprint density at radius 3 is 2.38 bits per heavy atom. The van der Waals surface area contributed by atoms with Crippen molar-refractivity contribution in [3.05, 3.63) is 48.6 Å². The highest BCUT2D eigenvalue weighted by atomic mass is 16.5. The molecule has 0 aliphatic carbocycles. The van der Waals surface area contributed by atoms with Gasteiger partial charge in [-0.25, -0.2) is 4.79 Å². The van der Waals surface area contributed by atoms with Crippen LogP contribution in [0.3, 0.4) is 0 Å². The highest BCUT2D eigenvalue weighted by Gasteiger charge is 2.07. The van der Waals surface area contributed by atoms with Gasteiger partial charge in [-0.05, 0) is 25.0 Å². The normalized spacial score (nSPS) is 10.3. The maximum absolute atomic E-state index is 10.7. The summed E-state index contributed by atoms with van der Waals surface area (Å²) in [6, 6.07) is 11.6. The highest BCUT2D eigenvalue weighted by Crippen LogP contribution is 2.32. The molecule has 0 heterocycles. The van der Waals surface area contributed by atoms with Crippen LogP contribution in [0.15, 0.2) is 48.6 Å². The number of ether oxygens (including phenoxy) is 2. The van der Waals surface area contributed by atoms with Gasteiger partial charge < -0.3 is 14.6 Å². The average molecular weight is 286 g/mol. The number of hydrogen-bond donors (Lipinski definition) is 1. The molecule has 0 saturated carbocycles. The molecule has 4 heteroatoms. The first-order valence-electron chi connectivity index (χ1n) is 6.73. The van der Waals surface area contributed by atoms with E-state index in [1.165, 1.54) is 0 Å². The van der Waals surface area contributed by atoms with Crippen molar-refractivity contribution in [1.82, 2.24) is 0 Å². The molecule has 21 heavy (non-hydrogen) atoms. The van der Waals surface area contributed by atoms with E-state index in [-0.39, 0.29) is 5.57 Å². The quantitative estimate of drug-likeness (QED) is 0.623. The number of methoxy groups -OCH3 is 1. The zero-order valence-electron chi connectivity index (χ0n) is 12.0. The maximum atomic E-state index is 10.7. The molecule has 1 N–H and O–H groups in total. The zero-order valence-corrected chi connectivity index (χ0v) is 12.0. The van der Waals surface area contributed by atoms with E-state index in [1.807, 2.05) is 36.4 Å². The van der Waals surface area contributed by atoms with Crippen molar-refractivity contribution in [2.45, 2.75) is 12.8 Å². The molecular formula is C17H18O4. The molecule has 0 amide bonds. The molecule has 0 aliphatic rings. The Morgan fingerprint density at radius 1 is 1.14 bits per heavy atom. The molecule has 0 atom stereocenters. The van der Waals surface area contributed by atoms with Gasteiger partial charge >= 0.3 is 5.97 Å². The largest absolute Gasteiger partial charge is 0.496 e. The first-order chi connectivity index (χ1) is 10.1. The Bertz CT molecular complexity index is 661. The molecule has 2 aromatic carbocycles. The van der Waals surface area contributed by atoms with Crippen LogP contribution in [-0.2, 0) is 4.79 Å². The smallest absolute Gasteiger partial charge is 0.330 e. The van der Waals surface area contributed by atoms with Gasteiger partial charge in [-0.3, -0.25) is 0 Å². The Morgan fingerprint density at radius 2 is 1.76 bits per heavy atom. The van der Waals surface area contributed by atoms with Crippen LogP contribution in [0.5, 0.6) is 11.5 Å². The van der Waals surface area contributed by atoms with E-state index in [1.54, 1.807) is 7.11 Å². The lowest BCUT2D eigenvalue weighted by Crippen LogP contribution is -2.03. The molecule has 4 nitrogen and oxygen atoms in total. The molecule has 2 aromatic rings. The highest BCUT2D eigenvalue weighted by molar-refractivity contribution is 5.93. The summed E-state index contributed by atoms with van der Waals surface area (Å²) in [7, 11) is 1.64. The molecule has 0 bridgehead atoms. The van der Waals surface area contributed by atoms with Crippen molar-refractivity contribution in [3.63, 3.8) is 0 Å². The van der Waals surface area contributed by atoms with Crippen LogP contribution in [-0.4, -0.2) is 24.8 Å². The van der Waals surface area contributed by atoms with Crippen molar-refractivity contribution >= 4 is 16.7 Å². The van der Waals surface area contributed by atoms with Crippen molar-refractivity contribution in [3.8, 4) is 11.5 Å². The first-order valence-corrected chi connectivity index (χ1v) is 6.73. The fourth-order valence-corrected chi connectivity index (χ4v) is 2.12. The Labute approximate surface area is 123 Å². The van der Waals surface area contributed by atoms with E-state index in [0.29, 0.717) is 19.4 Å². The lowest BCUT2D eigenvalue weighted by Gasteiger charge is -2.12. The maximum Gasteiger partial charge on any atom is 0.330 e. The van der Waals surface area contributed by atoms with Crippen LogP contribution < -0.4 is 9.47 Å². The van der Waals surface area contributed by atoms with Gasteiger partial charge in [-0.15, -0.1) is 0 Å². The third kappa shape index (κ3) is 3.54. The third-order valence-corrected chi connectivity index (χ3v) is 3.25. The lowest BCUT2D eigenvalue weighted by atomic mass is 10.1. The predicted molar refractivity (Wildman–Crippen MR) is 82.0 cm³/mol. The van der Waals surface area contributed by atoms with Crippen molar-refractivity contribution in [2.75, 3.05) is 13.7 Å². The van der Waals surface area contributed by atoms with Gasteiger partial charge in [0.05, 0.1) is 13.7 Å². The minimum atomic E-state index is -0.954. The second-order valence-corrected chi connectivity index (χ2v) is 4.67. The summed E-state index contributed by atoms with van der Waals surface area (Å²) in [4.78, 5) is 10.7. The number of carboxylic acids is 1. The Hall–Kier alpha value is -2.49. The predicted octanol–water partition coefficient (Wildman–Crippen LogP) is 3.65. The molecule has 0 unspecified atom stereocenters. The topological polar surface area (TPSA) is 55.8 Å². The van der Waals surface area contributed by atoms with Crippen LogP contribution in [0.2, 0.25) is 0 Å². The Kier molecular flexibility index (Phi) is 4.82. The number of fused-ring (bicyclic) bond motifs is 1. The molecule has 0 spiro atoms. The van der Waals surface area contributed by atoms with Crippen LogP contribution in [0.4, 0.5) is 0 Å². The average Bonchev–Trinajstić information content (AvgIpc) is 2.51. The molecule has 0 saturated heterocycles. The van der Waals surface area contributed by atoms with Gasteiger partial charge in [0.1, 0.15) is 11.5 Å². The fraction of sp³-hybridized carbons (Fsp3) is 0.235. The van der Waals surface area contributed by atoms with Gasteiger partial charge in [0.25, 0.3) is 0 Å². The van der Waals surface area contributed by atoms with Crippen molar-refractivity contribution in [1.29, 1.82) is 0 Å². The minimum absolute atomic E-state index is 0.207. The van der Waals surface area contributed by atoms with Gasteiger partial charge in [0.15, 0.2) is 0 Å². The summed E-state index contributed by atoms with van der Waals surface area (Å²) >= 11 is 0. The Balaban J connectivity index is 2.06. The summed E-state index contributed by atoms with van der Waals surface area (Å²) < 4.78 is 11.1. The lowest BCUT2D eigenvalue weighted by molar-refractivity contribution is -0.132. The van der Waals surface area contributed by atoms with E-state index in [2.05, 4.69) is 6.58 Å². The standard InChI is InChI=1S/C17H18O4/c1-12(17(18)19)6-5-11-21-16-10-9-15(20-2)13-7-3-4-8-14(13)16/h3-4,7-10H,1,5-6,11H2,2H3,(H,18,19). The van der Waals surface area contributed by atoms with E-state index in [0.717, 1.165) is 22.3 Å². The van der Waals surface area contributed by atoms with Crippen molar-refractivity contribution in [2.24, 2.45) is 0 Å². The molecule has 2 rings (SSSR count). The van der Waals surface area contributed by atoms with E-state index >= 15 is 0 Å². The summed E-state index contributed by atoms with van der Waals surface area (Å²) in [5, 5.41) is 10.7. The van der Waals surface area contributed by atoms with Crippen LogP contribution >= 0.6 is 0 Å². The third-order valence-electron chi connectivity index (χ3n) is 3.25. The van der Waals surface area contributed by atoms with E-state index in [9.17, 15) is 4.79 Å². The second-order valence-electron chi connectivity index (χ2n) is 4.67. The second kappa shape index (κ2) is 6.79. The SMILES string of the molecule is C=C(CCCOc1ccc(OC)c2ccccc12)C(=O)O. The van der Waals surface area contributed by atoms with Crippen LogP contribution in [0, 0.1) is 0 Å². The summed E-state index contributed by atoms with van der Waals surface area (Å²) in [6.07, 6.45) is 1.04. The van der Waals surface area contributed by atoms with Gasteiger partial charge in [0.2, 0.25) is 0 Å². The molecule has 0 aliphatic heterocycles. The summed E-state index contributed by atoms with van der Waals surface area (Å²) in [5.41, 5.74) is 0.207. The summed E-state index contributed by atoms with van der Waals surface area (Å²) in [6.45, 7) is 3.95. The fourth-order valence-electron chi connectivity index (χ4n) is 2.12. The minimum Gasteiger partial charge on any atom is -0.496 e. The summed E-state index contributed by atoms with van der Waals surface area (Å²) in [5.74, 6) is 0.620. The molecule has 0 aromatic heterocycles. The van der Waals surface area contributed by atoms with Crippen molar-refractivity contribution < 1.29 is 19.4 Å². The van der Waals surface area contributed by atoms with Gasteiger partial charge in [-0.2, -0.15) is 0 Å². The monoisotopic (exact) mass is 286 g/mol. The van der Waals surface area contributed by atoms with Crippen LogP contribution in [0.1, 0.15) is 12.8 Å². The molecule has 0 radical (unpaired) electrons. The van der Waals surface area contributed by atoms with Crippen LogP contribution in [0.25, 0.3) is 10.8 Å².